The molecule has 1 N–H and O–H groups in total. The number of nitro groups is 1. The minimum Gasteiger partial charge on any atom is -0.507 e. The number of carbonyl (C=O) groups excluding carboxylic acids is 2. The number of carbonyl (C=O) groups is 2. The predicted molar refractivity (Wildman–Crippen MR) is 121 cm³/mol. The molecule has 3 aromatic carbocycles. The fourth-order valence-corrected chi connectivity index (χ4v) is 3.98. The summed E-state index contributed by atoms with van der Waals surface area (Å²) >= 11 is 0. The summed E-state index contributed by atoms with van der Waals surface area (Å²) in [6.45, 7) is 1.80. The standard InChI is InChI=1S/C25H17F3N2O5/c1-14-9-11-15(12-10-14)22(31)20-21(18-7-2-3-8-19(18)30(34)35)29(24(33)23(20)32)17-6-4-5-16(13-17)25(26,27)28/h2-13,21,31H,1H3/b22-20-. The van der Waals surface area contributed by atoms with E-state index < -0.39 is 51.4 Å². The van der Waals surface area contributed by atoms with Gasteiger partial charge in [-0.05, 0) is 31.2 Å². The van der Waals surface area contributed by atoms with Crippen LogP contribution in [0.5, 0.6) is 0 Å². The van der Waals surface area contributed by atoms with Crippen LogP contribution in [-0.2, 0) is 15.8 Å². The number of nitrogens with zero attached hydrogens (tertiary/aromatic N) is 2. The summed E-state index contributed by atoms with van der Waals surface area (Å²) < 4.78 is 40.1. The van der Waals surface area contributed by atoms with E-state index in [9.17, 15) is 38.0 Å². The molecular weight excluding hydrogens is 465 g/mol. The maximum atomic E-state index is 13.4. The Morgan fingerprint density at radius 2 is 1.66 bits per heavy atom. The lowest BCUT2D eigenvalue weighted by atomic mass is 9.93. The summed E-state index contributed by atoms with van der Waals surface area (Å²) in [5.74, 6) is -2.99. The number of alkyl halides is 3. The Morgan fingerprint density at radius 1 is 1.00 bits per heavy atom. The van der Waals surface area contributed by atoms with Gasteiger partial charge in [-0.25, -0.2) is 0 Å². The summed E-state index contributed by atoms with van der Waals surface area (Å²) in [6, 6.07) is 13.7. The van der Waals surface area contributed by atoms with Gasteiger partial charge in [-0.3, -0.25) is 24.6 Å². The summed E-state index contributed by atoms with van der Waals surface area (Å²) in [5.41, 5.74) is -1.42. The van der Waals surface area contributed by atoms with Gasteiger partial charge >= 0.3 is 6.18 Å². The smallest absolute Gasteiger partial charge is 0.416 e. The van der Waals surface area contributed by atoms with Crippen LogP contribution in [0.1, 0.15) is 28.3 Å². The summed E-state index contributed by atoms with van der Waals surface area (Å²) in [6.07, 6.45) is -4.74. The Kier molecular flexibility index (Phi) is 5.89. The molecule has 1 atom stereocenters. The van der Waals surface area contributed by atoms with Crippen molar-refractivity contribution in [1.82, 2.24) is 0 Å². The van der Waals surface area contributed by atoms with Gasteiger partial charge in [-0.15, -0.1) is 0 Å². The molecule has 1 aliphatic heterocycles. The van der Waals surface area contributed by atoms with Crippen LogP contribution in [0.4, 0.5) is 24.5 Å². The average Bonchev–Trinajstić information content (AvgIpc) is 3.09. The van der Waals surface area contributed by atoms with Gasteiger partial charge in [0.15, 0.2) is 0 Å². The van der Waals surface area contributed by atoms with Crippen molar-refractivity contribution in [1.29, 1.82) is 0 Å². The number of ketones is 1. The number of aryl methyl sites for hydroxylation is 1. The number of para-hydroxylation sites is 1. The van der Waals surface area contributed by atoms with Gasteiger partial charge in [-0.1, -0.05) is 48.0 Å². The van der Waals surface area contributed by atoms with E-state index in [1.54, 1.807) is 19.1 Å². The maximum Gasteiger partial charge on any atom is 0.416 e. The molecule has 1 heterocycles. The van der Waals surface area contributed by atoms with Gasteiger partial charge in [0.05, 0.1) is 21.6 Å². The zero-order valence-corrected chi connectivity index (χ0v) is 18.1. The van der Waals surface area contributed by atoms with Gasteiger partial charge in [0.2, 0.25) is 0 Å². The highest BCUT2D eigenvalue weighted by Crippen LogP contribution is 2.45. The highest BCUT2D eigenvalue weighted by atomic mass is 19.4. The molecule has 178 valence electrons. The Balaban J connectivity index is 2.01. The van der Waals surface area contributed by atoms with E-state index in [4.69, 9.17) is 0 Å². The normalized spacial score (nSPS) is 17.6. The number of Topliss-reactive ketones (excluding diaryl/α,β-unsaturated/α-hetero) is 1. The van der Waals surface area contributed by atoms with E-state index in [-0.39, 0.29) is 16.8 Å². The number of aliphatic hydroxyl groups is 1. The van der Waals surface area contributed by atoms with E-state index in [1.807, 2.05) is 0 Å². The zero-order valence-electron chi connectivity index (χ0n) is 18.1. The highest BCUT2D eigenvalue weighted by molar-refractivity contribution is 6.51. The van der Waals surface area contributed by atoms with E-state index >= 15 is 0 Å². The van der Waals surface area contributed by atoms with Gasteiger partial charge in [0.1, 0.15) is 11.8 Å². The molecule has 1 unspecified atom stereocenters. The molecule has 1 amide bonds. The predicted octanol–water partition coefficient (Wildman–Crippen LogP) is 5.55. The van der Waals surface area contributed by atoms with Crippen LogP contribution in [-0.4, -0.2) is 21.7 Å². The molecule has 3 aromatic rings. The Bertz CT molecular complexity index is 1380. The number of rotatable bonds is 4. The molecule has 1 fully saturated rings. The van der Waals surface area contributed by atoms with Gasteiger partial charge < -0.3 is 5.11 Å². The van der Waals surface area contributed by atoms with Gasteiger partial charge in [0, 0.05) is 17.3 Å². The molecule has 1 saturated heterocycles. The Hall–Kier alpha value is -4.47. The number of amides is 1. The van der Waals surface area contributed by atoms with E-state index in [0.29, 0.717) is 6.07 Å². The molecule has 0 radical (unpaired) electrons. The first-order chi connectivity index (χ1) is 16.5. The SMILES string of the molecule is Cc1ccc(/C(O)=C2/C(=O)C(=O)N(c3cccc(C(F)(F)F)c3)C2c2ccccc2[N+](=O)[O-])cc1. The van der Waals surface area contributed by atoms with E-state index in [2.05, 4.69) is 0 Å². The number of aliphatic hydroxyl groups excluding tert-OH is 1. The third-order valence-corrected chi connectivity index (χ3v) is 5.65. The van der Waals surface area contributed by atoms with Crippen molar-refractivity contribution in [2.45, 2.75) is 19.1 Å². The molecule has 0 saturated carbocycles. The van der Waals surface area contributed by atoms with Crippen molar-refractivity contribution in [2.75, 3.05) is 4.90 Å². The van der Waals surface area contributed by atoms with Gasteiger partial charge in [-0.2, -0.15) is 13.2 Å². The monoisotopic (exact) mass is 482 g/mol. The first-order valence-electron chi connectivity index (χ1n) is 10.3. The molecule has 4 rings (SSSR count). The quantitative estimate of drug-likeness (QED) is 0.173. The number of hydrogen-bond donors (Lipinski definition) is 1. The fourth-order valence-electron chi connectivity index (χ4n) is 3.98. The lowest BCUT2D eigenvalue weighted by molar-refractivity contribution is -0.385. The molecule has 0 spiro atoms. The zero-order chi connectivity index (χ0) is 25.5. The van der Waals surface area contributed by atoms with Crippen LogP contribution in [0.2, 0.25) is 0 Å². The number of nitro benzene ring substituents is 1. The Morgan fingerprint density at radius 3 is 2.29 bits per heavy atom. The number of benzene rings is 3. The second-order valence-electron chi connectivity index (χ2n) is 7.90. The third kappa shape index (κ3) is 4.25. The Labute approximate surface area is 196 Å². The van der Waals surface area contributed by atoms with Crippen molar-refractivity contribution in [3.63, 3.8) is 0 Å². The minimum absolute atomic E-state index is 0.136. The van der Waals surface area contributed by atoms with Crippen molar-refractivity contribution in [2.24, 2.45) is 0 Å². The molecule has 0 aliphatic carbocycles. The van der Waals surface area contributed by atoms with Crippen LogP contribution in [0.25, 0.3) is 5.76 Å². The molecule has 7 nitrogen and oxygen atoms in total. The summed E-state index contributed by atoms with van der Waals surface area (Å²) in [5, 5.41) is 22.8. The first-order valence-corrected chi connectivity index (χ1v) is 10.3. The minimum atomic E-state index is -4.74. The average molecular weight is 482 g/mol. The summed E-state index contributed by atoms with van der Waals surface area (Å²) in [4.78, 5) is 38.0. The van der Waals surface area contributed by atoms with Crippen LogP contribution in [0, 0.1) is 17.0 Å². The van der Waals surface area contributed by atoms with Crippen molar-refractivity contribution in [3.8, 4) is 0 Å². The molecule has 0 bridgehead atoms. The van der Waals surface area contributed by atoms with Crippen LogP contribution < -0.4 is 4.90 Å². The molecule has 0 aromatic heterocycles. The van der Waals surface area contributed by atoms with Crippen molar-refractivity contribution in [3.05, 3.63) is 111 Å². The number of anilines is 1. The second kappa shape index (κ2) is 8.71. The topological polar surface area (TPSA) is 101 Å². The van der Waals surface area contributed by atoms with Crippen molar-refractivity contribution < 1.29 is 32.8 Å². The second-order valence-corrected chi connectivity index (χ2v) is 7.90. The van der Waals surface area contributed by atoms with E-state index in [1.165, 1.54) is 36.4 Å². The lowest BCUT2D eigenvalue weighted by Crippen LogP contribution is -2.30. The fraction of sp³-hybridized carbons (Fsp3) is 0.120. The third-order valence-electron chi connectivity index (χ3n) is 5.65. The molecule has 35 heavy (non-hydrogen) atoms. The summed E-state index contributed by atoms with van der Waals surface area (Å²) in [7, 11) is 0. The highest BCUT2D eigenvalue weighted by Gasteiger charge is 2.49. The number of halogens is 3. The van der Waals surface area contributed by atoms with Crippen LogP contribution in [0.15, 0.2) is 78.4 Å². The van der Waals surface area contributed by atoms with E-state index in [0.717, 1.165) is 28.7 Å². The van der Waals surface area contributed by atoms with Crippen LogP contribution in [0.3, 0.4) is 0 Å². The maximum absolute atomic E-state index is 13.4. The van der Waals surface area contributed by atoms with Crippen molar-refractivity contribution >= 4 is 28.8 Å². The first kappa shape index (κ1) is 23.7. The number of hydrogen-bond acceptors (Lipinski definition) is 5. The van der Waals surface area contributed by atoms with Gasteiger partial charge in [0.25, 0.3) is 17.4 Å². The lowest BCUT2D eigenvalue weighted by Gasteiger charge is -2.25. The van der Waals surface area contributed by atoms with Crippen LogP contribution >= 0.6 is 0 Å². The largest absolute Gasteiger partial charge is 0.507 e. The molecule has 1 aliphatic rings. The molecular formula is C25H17F3N2O5. The molecule has 10 heteroatoms.